The molecule has 0 bridgehead atoms. The minimum Gasteiger partial charge on any atom is -0.395 e. The van der Waals surface area contributed by atoms with E-state index in [1.807, 2.05) is 18.2 Å². The summed E-state index contributed by atoms with van der Waals surface area (Å²) >= 11 is 0. The molecule has 0 aliphatic rings. The molecule has 1 aromatic heterocycles. The summed E-state index contributed by atoms with van der Waals surface area (Å²) in [5.41, 5.74) is 9.06. The summed E-state index contributed by atoms with van der Waals surface area (Å²) in [7, 11) is 0. The van der Waals surface area contributed by atoms with E-state index in [1.165, 1.54) is 49.7 Å². The molecule has 3 aromatic carbocycles. The molecule has 0 atom stereocenters. The zero-order valence-corrected chi connectivity index (χ0v) is 24.3. The molecule has 0 saturated carbocycles. The van der Waals surface area contributed by atoms with E-state index < -0.39 is 17.6 Å². The Balaban J connectivity index is 1.71. The zero-order valence-electron chi connectivity index (χ0n) is 24.3. The number of fused-ring (bicyclic) bond motifs is 1. The van der Waals surface area contributed by atoms with Gasteiger partial charge in [0.15, 0.2) is 0 Å². The maximum absolute atomic E-state index is 12.9. The summed E-state index contributed by atoms with van der Waals surface area (Å²) in [6, 6.07) is 24.8. The van der Waals surface area contributed by atoms with Gasteiger partial charge >= 0.3 is 6.18 Å². The third kappa shape index (κ3) is 7.99. The second-order valence-electron chi connectivity index (χ2n) is 10.7. The van der Waals surface area contributed by atoms with Crippen LogP contribution in [0.3, 0.4) is 0 Å². The largest absolute Gasteiger partial charge is 0.430 e. The molecule has 42 heavy (non-hydrogen) atoms. The lowest BCUT2D eigenvalue weighted by atomic mass is 10.0. The Morgan fingerprint density at radius 2 is 1.29 bits per heavy atom. The highest BCUT2D eigenvalue weighted by Crippen LogP contribution is 2.36. The molecule has 0 saturated heterocycles. The van der Waals surface area contributed by atoms with Crippen LogP contribution in [-0.4, -0.2) is 16.9 Å². The molecule has 0 aliphatic heterocycles. The summed E-state index contributed by atoms with van der Waals surface area (Å²) in [4.78, 5) is 6.39. The van der Waals surface area contributed by atoms with Crippen molar-refractivity contribution in [2.75, 3.05) is 4.90 Å². The Hall–Kier alpha value is -4.13. The van der Waals surface area contributed by atoms with Crippen molar-refractivity contribution in [3.05, 3.63) is 108 Å². The lowest BCUT2D eigenvalue weighted by molar-refractivity contribution is -0.0925. The van der Waals surface area contributed by atoms with Crippen LogP contribution in [0.4, 0.5) is 30.2 Å². The van der Waals surface area contributed by atoms with Gasteiger partial charge in [-0.05, 0) is 90.7 Å². The molecular weight excluding hydrogens is 533 g/mol. The number of nitrogens with zero attached hydrogens (tertiary/aromatic N) is 2. The molecule has 4 aromatic rings. The highest BCUT2D eigenvalue weighted by atomic mass is 19.4. The maximum atomic E-state index is 12.9. The average Bonchev–Trinajstić information content (AvgIpc) is 2.98. The summed E-state index contributed by atoms with van der Waals surface area (Å²) in [5, 5.41) is 9.74. The molecule has 0 aliphatic carbocycles. The number of aryl methyl sites for hydroxylation is 2. The molecule has 220 valence electrons. The predicted molar refractivity (Wildman–Crippen MR) is 168 cm³/mol. The molecule has 1 heterocycles. The Morgan fingerprint density at radius 1 is 0.762 bits per heavy atom. The van der Waals surface area contributed by atoms with Crippen LogP contribution in [0.15, 0.2) is 90.8 Å². The first-order valence-electron chi connectivity index (χ1n) is 14.7. The number of alkyl halides is 3. The Kier molecular flexibility index (Phi) is 10.4. The molecule has 4 rings (SSSR count). The number of hydrogen-bond acceptors (Lipinski definition) is 4. The minimum absolute atomic E-state index is 0.117. The average molecular weight is 573 g/mol. The van der Waals surface area contributed by atoms with E-state index in [9.17, 15) is 13.2 Å². The molecular formula is C35H39F3N4. The van der Waals surface area contributed by atoms with E-state index in [-0.39, 0.29) is 5.69 Å². The Labute approximate surface area is 246 Å². The van der Waals surface area contributed by atoms with Gasteiger partial charge in [-0.2, -0.15) is 13.2 Å². The molecule has 0 radical (unpaired) electrons. The standard InChI is InChI=1S/C35H39F3N4/c1-3-5-7-9-25-11-16-29(17-12-25)42(30-18-13-26(14-19-30)10-8-6-4-2)31-20-15-27-24-41-33(22-28(27)21-31)32(39)23-34(40)35(36,37)38/h11-24,39H,3-10,40H2,1-2H3. The van der Waals surface area contributed by atoms with Crippen molar-refractivity contribution in [3.63, 3.8) is 0 Å². The number of nitrogens with one attached hydrogen (secondary N) is 1. The Morgan fingerprint density at radius 3 is 1.79 bits per heavy atom. The molecule has 0 spiro atoms. The SMILES string of the molecule is CCCCCc1ccc(N(c2ccc(CCCCC)cc2)c2ccc3cnc(C(=N)C=C(N)C(F)(F)F)cc3c2)cc1. The fourth-order valence-corrected chi connectivity index (χ4v) is 4.95. The number of allylic oxidation sites excluding steroid dienone is 2. The lowest BCUT2D eigenvalue weighted by Gasteiger charge is -2.26. The number of unbranched alkanes of at least 4 members (excludes halogenated alkanes) is 4. The van der Waals surface area contributed by atoms with Crippen molar-refractivity contribution in [1.82, 2.24) is 4.98 Å². The number of pyridine rings is 1. The van der Waals surface area contributed by atoms with Gasteiger partial charge in [-0.3, -0.25) is 10.4 Å². The van der Waals surface area contributed by atoms with Crippen LogP contribution >= 0.6 is 0 Å². The normalized spacial score (nSPS) is 12.1. The van der Waals surface area contributed by atoms with Gasteiger partial charge in [0.25, 0.3) is 0 Å². The van der Waals surface area contributed by atoms with Crippen molar-refractivity contribution in [1.29, 1.82) is 5.41 Å². The van der Waals surface area contributed by atoms with Crippen LogP contribution < -0.4 is 10.6 Å². The van der Waals surface area contributed by atoms with Crippen molar-refractivity contribution in [2.45, 2.75) is 71.4 Å². The van der Waals surface area contributed by atoms with E-state index >= 15 is 0 Å². The van der Waals surface area contributed by atoms with Crippen LogP contribution in [-0.2, 0) is 12.8 Å². The van der Waals surface area contributed by atoms with Gasteiger partial charge in [-0.15, -0.1) is 0 Å². The van der Waals surface area contributed by atoms with Crippen LogP contribution in [0.1, 0.15) is 69.2 Å². The number of hydrogen-bond donors (Lipinski definition) is 2. The van der Waals surface area contributed by atoms with E-state index in [0.29, 0.717) is 6.08 Å². The van der Waals surface area contributed by atoms with E-state index in [0.717, 1.165) is 40.7 Å². The quantitative estimate of drug-likeness (QED) is 0.124. The third-order valence-electron chi connectivity index (χ3n) is 7.39. The fourth-order valence-electron chi connectivity index (χ4n) is 4.95. The van der Waals surface area contributed by atoms with Crippen molar-refractivity contribution in [2.24, 2.45) is 5.73 Å². The Bertz CT molecular complexity index is 1450. The summed E-state index contributed by atoms with van der Waals surface area (Å²) in [6.45, 7) is 4.41. The van der Waals surface area contributed by atoms with Crippen molar-refractivity contribution in [3.8, 4) is 0 Å². The summed E-state index contributed by atoms with van der Waals surface area (Å²) in [5.74, 6) is 0. The van der Waals surface area contributed by atoms with E-state index in [1.54, 1.807) is 12.3 Å². The summed E-state index contributed by atoms with van der Waals surface area (Å²) in [6.07, 6.45) is 6.69. The number of rotatable bonds is 13. The van der Waals surface area contributed by atoms with Gasteiger partial charge in [-0.1, -0.05) is 69.9 Å². The minimum atomic E-state index is -4.70. The maximum Gasteiger partial charge on any atom is 0.430 e. The summed E-state index contributed by atoms with van der Waals surface area (Å²) < 4.78 is 38.8. The second-order valence-corrected chi connectivity index (χ2v) is 10.7. The number of aromatic nitrogens is 1. The van der Waals surface area contributed by atoms with Gasteiger partial charge in [0.05, 0.1) is 11.4 Å². The van der Waals surface area contributed by atoms with Gasteiger partial charge in [-0.25, -0.2) is 0 Å². The van der Waals surface area contributed by atoms with Gasteiger partial charge in [0.2, 0.25) is 0 Å². The highest BCUT2D eigenvalue weighted by Gasteiger charge is 2.31. The van der Waals surface area contributed by atoms with Gasteiger partial charge in [0.1, 0.15) is 5.70 Å². The van der Waals surface area contributed by atoms with E-state index in [4.69, 9.17) is 11.1 Å². The molecule has 0 fully saturated rings. The van der Waals surface area contributed by atoms with Gasteiger partial charge < -0.3 is 10.6 Å². The first-order valence-corrected chi connectivity index (χ1v) is 14.7. The topological polar surface area (TPSA) is 66.0 Å². The molecule has 0 amide bonds. The highest BCUT2D eigenvalue weighted by molar-refractivity contribution is 6.07. The third-order valence-corrected chi connectivity index (χ3v) is 7.39. The number of benzene rings is 3. The monoisotopic (exact) mass is 572 g/mol. The first-order chi connectivity index (χ1) is 20.2. The van der Waals surface area contributed by atoms with Gasteiger partial charge in [0, 0.05) is 28.6 Å². The smallest absolute Gasteiger partial charge is 0.395 e. The molecule has 3 N–H and O–H groups in total. The first kappa shape index (κ1) is 30.8. The van der Waals surface area contributed by atoms with E-state index in [2.05, 4.69) is 72.3 Å². The lowest BCUT2D eigenvalue weighted by Crippen LogP contribution is -2.20. The van der Waals surface area contributed by atoms with Crippen LogP contribution in [0, 0.1) is 5.41 Å². The molecule has 7 heteroatoms. The zero-order chi connectivity index (χ0) is 30.1. The molecule has 4 nitrogen and oxygen atoms in total. The predicted octanol–water partition coefficient (Wildman–Crippen LogP) is 9.94. The van der Waals surface area contributed by atoms with Crippen molar-refractivity contribution < 1.29 is 13.2 Å². The number of anilines is 3. The van der Waals surface area contributed by atoms with Crippen molar-refractivity contribution >= 4 is 33.5 Å². The second kappa shape index (κ2) is 14.2. The van der Waals surface area contributed by atoms with Crippen LogP contribution in [0.2, 0.25) is 0 Å². The van der Waals surface area contributed by atoms with Crippen LogP contribution in [0.5, 0.6) is 0 Å². The van der Waals surface area contributed by atoms with Crippen LogP contribution in [0.25, 0.3) is 10.8 Å². The molecule has 0 unspecified atom stereocenters. The number of halogens is 3. The fraction of sp³-hybridized carbons (Fsp3) is 0.314. The number of nitrogens with two attached hydrogens (primary N) is 1.